The molecule has 2 aromatic heterocycles. The van der Waals surface area contributed by atoms with E-state index in [9.17, 15) is 13.2 Å². The number of rotatable bonds is 11. The predicted molar refractivity (Wildman–Crippen MR) is 154 cm³/mol. The molecule has 9 nitrogen and oxygen atoms in total. The zero-order valence-corrected chi connectivity index (χ0v) is 24.2. The Hall–Kier alpha value is -2.60. The van der Waals surface area contributed by atoms with Crippen LogP contribution < -0.4 is 14.8 Å². The number of benzene rings is 1. The number of nitrogens with one attached hydrogen (secondary N) is 2. The number of hydrogen-bond donors (Lipinski definition) is 2. The number of fused-ring (bicyclic) bond motifs is 1. The molecule has 2 unspecified atom stereocenters. The van der Waals surface area contributed by atoms with Crippen molar-refractivity contribution < 1.29 is 17.9 Å². The first-order valence-corrected chi connectivity index (χ1v) is 16.0. The summed E-state index contributed by atoms with van der Waals surface area (Å²) < 4.78 is 33.8. The molecule has 1 aliphatic carbocycles. The highest BCUT2D eigenvalue weighted by atomic mass is 32.2. The van der Waals surface area contributed by atoms with Crippen molar-refractivity contribution in [1.82, 2.24) is 19.6 Å². The lowest BCUT2D eigenvalue weighted by atomic mass is 9.87. The van der Waals surface area contributed by atoms with Gasteiger partial charge in [-0.05, 0) is 69.0 Å². The van der Waals surface area contributed by atoms with Crippen LogP contribution in [0, 0.1) is 5.92 Å². The van der Waals surface area contributed by atoms with Crippen LogP contribution in [0.2, 0.25) is 0 Å². The van der Waals surface area contributed by atoms with Crippen LogP contribution in [0.4, 0.5) is 5.13 Å². The first-order valence-electron chi connectivity index (χ1n) is 13.7. The Morgan fingerprint density at radius 1 is 1.10 bits per heavy atom. The highest BCUT2D eigenvalue weighted by Gasteiger charge is 2.28. The molecule has 2 N–H and O–H groups in total. The summed E-state index contributed by atoms with van der Waals surface area (Å²) in [6.07, 6.45) is 8.39. The minimum Gasteiger partial charge on any atom is -0.481 e. The molecule has 1 saturated carbocycles. The number of likely N-dealkylation sites (tertiary alicyclic amines) is 1. The molecule has 1 amide bonds. The number of pyridine rings is 1. The number of anilines is 1. The Bertz CT molecular complexity index is 1390. The normalized spacial score (nSPS) is 19.5. The number of hydrogen-bond acceptors (Lipinski definition) is 8. The monoisotopic (exact) mass is 571 g/mol. The topological polar surface area (TPSA) is 114 Å². The van der Waals surface area contributed by atoms with Crippen molar-refractivity contribution in [3.63, 3.8) is 0 Å². The average molecular weight is 572 g/mol. The number of aromatic nitrogens is 2. The van der Waals surface area contributed by atoms with Gasteiger partial charge in [-0.1, -0.05) is 49.2 Å². The number of ether oxygens (including phenoxy) is 1. The zero-order chi connectivity index (χ0) is 27.4. The van der Waals surface area contributed by atoms with E-state index in [1.807, 2.05) is 6.07 Å². The number of amides is 1. The van der Waals surface area contributed by atoms with Gasteiger partial charge in [0.1, 0.15) is 10.3 Å². The van der Waals surface area contributed by atoms with Crippen molar-refractivity contribution in [2.24, 2.45) is 5.92 Å². The molecule has 1 saturated heterocycles. The second kappa shape index (κ2) is 12.3. The number of thiazole rings is 1. The van der Waals surface area contributed by atoms with E-state index in [1.54, 1.807) is 37.4 Å². The fraction of sp³-hybridized carbons (Fsp3) is 0.536. The largest absolute Gasteiger partial charge is 0.481 e. The first-order chi connectivity index (χ1) is 18.8. The second-order valence-electron chi connectivity index (χ2n) is 10.7. The van der Waals surface area contributed by atoms with Gasteiger partial charge in [-0.15, -0.1) is 0 Å². The average Bonchev–Trinajstić information content (AvgIpc) is 3.68. The lowest BCUT2D eigenvalue weighted by Crippen LogP contribution is -2.31. The fourth-order valence-corrected chi connectivity index (χ4v) is 7.68. The Labute approximate surface area is 234 Å². The van der Waals surface area contributed by atoms with E-state index >= 15 is 0 Å². The Morgan fingerprint density at radius 2 is 1.87 bits per heavy atom. The molecule has 3 aromatic rings. The molecule has 3 heterocycles. The van der Waals surface area contributed by atoms with E-state index in [0.717, 1.165) is 50.6 Å². The van der Waals surface area contributed by atoms with Crippen LogP contribution in [0.25, 0.3) is 10.3 Å². The van der Waals surface area contributed by atoms with Gasteiger partial charge in [0.15, 0.2) is 5.13 Å². The van der Waals surface area contributed by atoms with Crippen LogP contribution in [0.15, 0.2) is 41.3 Å². The van der Waals surface area contributed by atoms with Gasteiger partial charge in [-0.2, -0.15) is 0 Å². The highest BCUT2D eigenvalue weighted by molar-refractivity contribution is 7.89. The van der Waals surface area contributed by atoms with Crippen molar-refractivity contribution in [1.29, 1.82) is 0 Å². The fourth-order valence-electron chi connectivity index (χ4n) is 5.80. The van der Waals surface area contributed by atoms with Gasteiger partial charge in [0.2, 0.25) is 21.8 Å². The summed E-state index contributed by atoms with van der Waals surface area (Å²) in [6, 6.07) is 10.8. The molecule has 0 spiro atoms. The third-order valence-electron chi connectivity index (χ3n) is 8.06. The smallest absolute Gasteiger partial charge is 0.240 e. The molecule has 1 aliphatic heterocycles. The quantitative estimate of drug-likeness (QED) is 0.341. The highest BCUT2D eigenvalue weighted by Crippen LogP contribution is 2.36. The zero-order valence-electron chi connectivity index (χ0n) is 22.6. The maximum atomic E-state index is 13.6. The van der Waals surface area contributed by atoms with Crippen molar-refractivity contribution in [2.45, 2.75) is 68.2 Å². The number of carbonyl (C=O) groups excluding carboxylic acids is 1. The molecule has 210 valence electrons. The van der Waals surface area contributed by atoms with Crippen LogP contribution in [0.3, 0.4) is 0 Å². The minimum atomic E-state index is -3.62. The third kappa shape index (κ3) is 6.77. The minimum absolute atomic E-state index is 0.137. The van der Waals surface area contributed by atoms with Gasteiger partial charge in [-0.25, -0.2) is 23.1 Å². The number of methoxy groups -OCH3 is 1. The van der Waals surface area contributed by atoms with E-state index < -0.39 is 15.9 Å². The maximum Gasteiger partial charge on any atom is 0.240 e. The number of nitrogens with zero attached hydrogens (tertiary/aromatic N) is 3. The van der Waals surface area contributed by atoms with Gasteiger partial charge in [0.25, 0.3) is 0 Å². The summed E-state index contributed by atoms with van der Waals surface area (Å²) in [7, 11) is 0.0357. The summed E-state index contributed by atoms with van der Waals surface area (Å²) >= 11 is 1.31. The van der Waals surface area contributed by atoms with E-state index in [1.165, 1.54) is 24.2 Å². The molecule has 2 atom stereocenters. The predicted octanol–water partition coefficient (Wildman–Crippen LogP) is 4.77. The van der Waals surface area contributed by atoms with Crippen molar-refractivity contribution in [2.75, 3.05) is 32.6 Å². The Morgan fingerprint density at radius 3 is 2.56 bits per heavy atom. The molecule has 5 rings (SSSR count). The standard InChI is InChI=1S/C28H37N5O4S2/c1-33-17-5-8-21(33)15-16-29-39(35,36)22-11-9-20(10-12-22)23(18-19-6-3-4-7-19)26(34)32-28-30-24-13-14-25(37-2)31-27(24)38-28/h9-14,19,21,23,29H,3-8,15-18H2,1-2H3,(H,30,32,34). The molecule has 2 fully saturated rings. The second-order valence-corrected chi connectivity index (χ2v) is 13.4. The molecule has 1 aromatic carbocycles. The lowest BCUT2D eigenvalue weighted by Gasteiger charge is -2.21. The van der Waals surface area contributed by atoms with Crippen LogP contribution in [0.1, 0.15) is 62.8 Å². The third-order valence-corrected chi connectivity index (χ3v) is 10.4. The van der Waals surface area contributed by atoms with Gasteiger partial charge >= 0.3 is 0 Å². The molecule has 2 aliphatic rings. The SMILES string of the molecule is COc1ccc2nc(NC(=O)C(CC3CCCC3)c3ccc(S(=O)(=O)NCCC4CCCN4C)cc3)sc2n1. The summed E-state index contributed by atoms with van der Waals surface area (Å²) in [5.74, 6) is 0.437. The molecule has 0 radical (unpaired) electrons. The maximum absolute atomic E-state index is 13.6. The van der Waals surface area contributed by atoms with E-state index in [0.29, 0.717) is 39.9 Å². The summed E-state index contributed by atoms with van der Waals surface area (Å²) in [6.45, 7) is 1.48. The number of sulfonamides is 1. The Balaban J connectivity index is 1.29. The van der Waals surface area contributed by atoms with Crippen LogP contribution in [0.5, 0.6) is 5.88 Å². The Kier molecular flexibility index (Phi) is 8.80. The molecule has 39 heavy (non-hydrogen) atoms. The lowest BCUT2D eigenvalue weighted by molar-refractivity contribution is -0.118. The van der Waals surface area contributed by atoms with Crippen LogP contribution in [-0.2, 0) is 14.8 Å². The van der Waals surface area contributed by atoms with Crippen molar-refractivity contribution >= 4 is 42.7 Å². The van der Waals surface area contributed by atoms with Gasteiger partial charge < -0.3 is 15.0 Å². The molecular formula is C28H37N5O4S2. The molecular weight excluding hydrogens is 534 g/mol. The van der Waals surface area contributed by atoms with Crippen molar-refractivity contribution in [3.05, 3.63) is 42.0 Å². The number of carbonyl (C=O) groups is 1. The summed E-state index contributed by atoms with van der Waals surface area (Å²) in [5, 5.41) is 3.49. The van der Waals surface area contributed by atoms with Gasteiger partial charge in [0.05, 0.1) is 17.9 Å². The van der Waals surface area contributed by atoms with Gasteiger partial charge in [-0.3, -0.25) is 4.79 Å². The summed E-state index contributed by atoms with van der Waals surface area (Å²) in [5.41, 5.74) is 1.51. The van der Waals surface area contributed by atoms with Crippen LogP contribution >= 0.6 is 11.3 Å². The van der Waals surface area contributed by atoms with Crippen LogP contribution in [-0.4, -0.2) is 62.5 Å². The van der Waals surface area contributed by atoms with Crippen molar-refractivity contribution in [3.8, 4) is 5.88 Å². The molecule has 11 heteroatoms. The van der Waals surface area contributed by atoms with Gasteiger partial charge in [0, 0.05) is 18.7 Å². The van der Waals surface area contributed by atoms with E-state index in [2.05, 4.69) is 32.0 Å². The molecule has 0 bridgehead atoms. The summed E-state index contributed by atoms with van der Waals surface area (Å²) in [4.78, 5) is 25.7. The van der Waals surface area contributed by atoms with E-state index in [4.69, 9.17) is 4.74 Å². The first kappa shape index (κ1) is 27.9. The van der Waals surface area contributed by atoms with E-state index in [-0.39, 0.29) is 10.8 Å².